The molecule has 98 valence electrons. The van der Waals surface area contributed by atoms with Crippen LogP contribution in [0.25, 0.3) is 0 Å². The van der Waals surface area contributed by atoms with Gasteiger partial charge in [-0.05, 0) is 42.5 Å². The van der Waals surface area contributed by atoms with Crippen molar-refractivity contribution in [2.24, 2.45) is 5.73 Å². The number of nitrogens with two attached hydrogens (primary N) is 1. The van der Waals surface area contributed by atoms with Crippen LogP contribution in [-0.2, 0) is 12.1 Å². The number of ether oxygens (including phenoxy) is 1. The molecule has 1 aliphatic rings. The van der Waals surface area contributed by atoms with Gasteiger partial charge in [0.2, 0.25) is 0 Å². The Morgan fingerprint density at radius 2 is 1.63 bits per heavy atom. The second-order valence-electron chi connectivity index (χ2n) is 5.31. The SMILES string of the molecule is NC1(c2ccc(OCc3ccccc3)cc2)CCC1. The standard InChI is InChI=1S/C17H19NO/c18-17(11-4-12-17)15-7-9-16(10-8-15)19-13-14-5-2-1-3-6-14/h1-3,5-10H,4,11-13,18H2. The van der Waals surface area contributed by atoms with E-state index in [2.05, 4.69) is 24.3 Å². The fraction of sp³-hybridized carbons (Fsp3) is 0.294. The third kappa shape index (κ3) is 2.64. The Morgan fingerprint density at radius 1 is 0.947 bits per heavy atom. The van der Waals surface area contributed by atoms with Gasteiger partial charge in [0.15, 0.2) is 0 Å². The largest absolute Gasteiger partial charge is 0.489 e. The summed E-state index contributed by atoms with van der Waals surface area (Å²) in [5, 5.41) is 0. The Bertz CT molecular complexity index is 529. The Balaban J connectivity index is 1.63. The first-order valence-electron chi connectivity index (χ1n) is 6.82. The molecule has 1 saturated carbocycles. The van der Waals surface area contributed by atoms with Gasteiger partial charge in [0.05, 0.1) is 0 Å². The minimum absolute atomic E-state index is 0.0854. The minimum atomic E-state index is -0.0854. The molecule has 0 heterocycles. The van der Waals surface area contributed by atoms with Crippen molar-refractivity contribution in [3.63, 3.8) is 0 Å². The van der Waals surface area contributed by atoms with Gasteiger partial charge in [-0.2, -0.15) is 0 Å². The highest BCUT2D eigenvalue weighted by Gasteiger charge is 2.33. The molecule has 2 heteroatoms. The molecule has 0 radical (unpaired) electrons. The van der Waals surface area contributed by atoms with Gasteiger partial charge >= 0.3 is 0 Å². The van der Waals surface area contributed by atoms with Gasteiger partial charge in [0, 0.05) is 5.54 Å². The highest BCUT2D eigenvalue weighted by Crippen LogP contribution is 2.38. The summed E-state index contributed by atoms with van der Waals surface area (Å²) < 4.78 is 5.77. The Morgan fingerprint density at radius 3 is 2.21 bits per heavy atom. The van der Waals surface area contributed by atoms with E-state index in [9.17, 15) is 0 Å². The normalized spacial score (nSPS) is 16.7. The first-order chi connectivity index (χ1) is 9.26. The van der Waals surface area contributed by atoms with E-state index in [0.29, 0.717) is 6.61 Å². The predicted octanol–water partition coefficient (Wildman–Crippen LogP) is 3.60. The maximum atomic E-state index is 6.30. The van der Waals surface area contributed by atoms with Crippen molar-refractivity contribution in [2.75, 3.05) is 0 Å². The average molecular weight is 253 g/mol. The van der Waals surface area contributed by atoms with Crippen LogP contribution in [0.4, 0.5) is 0 Å². The highest BCUT2D eigenvalue weighted by atomic mass is 16.5. The van der Waals surface area contributed by atoms with Gasteiger partial charge in [0.1, 0.15) is 12.4 Å². The van der Waals surface area contributed by atoms with E-state index in [4.69, 9.17) is 10.5 Å². The molecule has 0 aromatic heterocycles. The van der Waals surface area contributed by atoms with E-state index in [1.165, 1.54) is 17.5 Å². The topological polar surface area (TPSA) is 35.2 Å². The van der Waals surface area contributed by atoms with Crippen molar-refractivity contribution < 1.29 is 4.74 Å². The fourth-order valence-corrected chi connectivity index (χ4v) is 2.47. The molecule has 3 rings (SSSR count). The second kappa shape index (κ2) is 5.06. The molecule has 1 aliphatic carbocycles. The van der Waals surface area contributed by atoms with Crippen LogP contribution >= 0.6 is 0 Å². The van der Waals surface area contributed by atoms with Crippen molar-refractivity contribution in [3.05, 3.63) is 65.7 Å². The molecule has 2 aromatic rings. The molecule has 2 nitrogen and oxygen atoms in total. The van der Waals surface area contributed by atoms with Crippen molar-refractivity contribution in [1.29, 1.82) is 0 Å². The van der Waals surface area contributed by atoms with E-state index >= 15 is 0 Å². The zero-order valence-electron chi connectivity index (χ0n) is 11.0. The smallest absolute Gasteiger partial charge is 0.119 e. The Labute approximate surface area is 114 Å². The lowest BCUT2D eigenvalue weighted by Crippen LogP contribution is -2.43. The lowest BCUT2D eigenvalue weighted by Gasteiger charge is -2.38. The molecule has 0 amide bonds. The molecule has 0 unspecified atom stereocenters. The van der Waals surface area contributed by atoms with E-state index in [0.717, 1.165) is 18.6 Å². The number of hydrogen-bond donors (Lipinski definition) is 1. The van der Waals surface area contributed by atoms with E-state index in [1.807, 2.05) is 30.3 Å². The quantitative estimate of drug-likeness (QED) is 0.903. The van der Waals surface area contributed by atoms with Gasteiger partial charge in [0.25, 0.3) is 0 Å². The van der Waals surface area contributed by atoms with Gasteiger partial charge in [-0.1, -0.05) is 42.5 Å². The van der Waals surface area contributed by atoms with Crippen molar-refractivity contribution >= 4 is 0 Å². The zero-order chi connectivity index (χ0) is 13.1. The van der Waals surface area contributed by atoms with Crippen molar-refractivity contribution in [1.82, 2.24) is 0 Å². The van der Waals surface area contributed by atoms with Crippen molar-refractivity contribution in [2.45, 2.75) is 31.4 Å². The van der Waals surface area contributed by atoms with E-state index in [-0.39, 0.29) is 5.54 Å². The number of hydrogen-bond acceptors (Lipinski definition) is 2. The minimum Gasteiger partial charge on any atom is -0.489 e. The summed E-state index contributed by atoms with van der Waals surface area (Å²) >= 11 is 0. The maximum absolute atomic E-state index is 6.30. The summed E-state index contributed by atoms with van der Waals surface area (Å²) in [6.45, 7) is 0.605. The average Bonchev–Trinajstić information content (AvgIpc) is 2.44. The third-order valence-electron chi connectivity index (χ3n) is 3.92. The van der Waals surface area contributed by atoms with Gasteiger partial charge < -0.3 is 10.5 Å². The molecule has 1 fully saturated rings. The molecular weight excluding hydrogens is 234 g/mol. The summed E-state index contributed by atoms with van der Waals surface area (Å²) in [4.78, 5) is 0. The summed E-state index contributed by atoms with van der Waals surface area (Å²) in [5.74, 6) is 0.899. The summed E-state index contributed by atoms with van der Waals surface area (Å²) in [7, 11) is 0. The second-order valence-corrected chi connectivity index (χ2v) is 5.31. The summed E-state index contributed by atoms with van der Waals surface area (Å²) in [6.07, 6.45) is 3.43. The van der Waals surface area contributed by atoms with Gasteiger partial charge in [-0.15, -0.1) is 0 Å². The van der Waals surface area contributed by atoms with E-state index < -0.39 is 0 Å². The Hall–Kier alpha value is -1.80. The molecule has 2 aromatic carbocycles. The first-order valence-corrected chi connectivity index (χ1v) is 6.82. The molecular formula is C17H19NO. The molecule has 0 bridgehead atoms. The van der Waals surface area contributed by atoms with Crippen LogP contribution in [0.15, 0.2) is 54.6 Å². The number of rotatable bonds is 4. The van der Waals surface area contributed by atoms with Crippen LogP contribution in [0.5, 0.6) is 5.75 Å². The van der Waals surface area contributed by atoms with Crippen LogP contribution in [0.1, 0.15) is 30.4 Å². The van der Waals surface area contributed by atoms with Crippen LogP contribution in [0.2, 0.25) is 0 Å². The third-order valence-corrected chi connectivity index (χ3v) is 3.92. The Kier molecular flexibility index (Phi) is 3.26. The molecule has 2 N–H and O–H groups in total. The van der Waals surface area contributed by atoms with Crippen molar-refractivity contribution in [3.8, 4) is 5.75 Å². The van der Waals surface area contributed by atoms with Crippen LogP contribution in [-0.4, -0.2) is 0 Å². The molecule has 0 atom stereocenters. The fourth-order valence-electron chi connectivity index (χ4n) is 2.47. The van der Waals surface area contributed by atoms with Gasteiger partial charge in [-0.25, -0.2) is 0 Å². The highest BCUT2D eigenvalue weighted by molar-refractivity contribution is 5.33. The summed E-state index contributed by atoms with van der Waals surface area (Å²) in [6, 6.07) is 18.4. The maximum Gasteiger partial charge on any atom is 0.119 e. The molecule has 0 spiro atoms. The lowest BCUT2D eigenvalue weighted by molar-refractivity contribution is 0.253. The zero-order valence-corrected chi connectivity index (χ0v) is 11.0. The lowest BCUT2D eigenvalue weighted by atomic mass is 9.73. The van der Waals surface area contributed by atoms with Gasteiger partial charge in [-0.3, -0.25) is 0 Å². The number of benzene rings is 2. The molecule has 0 saturated heterocycles. The molecule has 19 heavy (non-hydrogen) atoms. The monoisotopic (exact) mass is 253 g/mol. The van der Waals surface area contributed by atoms with Crippen LogP contribution in [0.3, 0.4) is 0 Å². The summed E-state index contributed by atoms with van der Waals surface area (Å²) in [5.41, 5.74) is 8.62. The first kappa shape index (κ1) is 12.2. The van der Waals surface area contributed by atoms with Crippen LogP contribution in [0, 0.1) is 0 Å². The molecule has 0 aliphatic heterocycles. The van der Waals surface area contributed by atoms with Crippen LogP contribution < -0.4 is 10.5 Å². The predicted molar refractivity (Wildman–Crippen MR) is 76.9 cm³/mol. The van der Waals surface area contributed by atoms with E-state index in [1.54, 1.807) is 0 Å².